The number of nitrogens with zero attached hydrogens (tertiary/aromatic N) is 3. The summed E-state index contributed by atoms with van der Waals surface area (Å²) in [5, 5.41) is 10.7. The summed E-state index contributed by atoms with van der Waals surface area (Å²) in [4.78, 5) is 1.18. The standard InChI is InChI=1S/C29H42N4S/c1-20-27(34-30)16-26(32(20)18-21-11-9-8-10-12-21)22-13-14-24(25(15-22)28(2,3)4)23-17-31-33(19-23)29(5,6)7/h13-17,19,21H,8-12,18,30H2,1-7H3. The zero-order valence-corrected chi connectivity index (χ0v) is 22.9. The normalized spacial score (nSPS) is 15.8. The molecule has 4 rings (SSSR count). The number of nitrogens with two attached hydrogens (primary N) is 1. The van der Waals surface area contributed by atoms with Crippen LogP contribution in [-0.4, -0.2) is 14.3 Å². The molecular formula is C29H42N4S. The van der Waals surface area contributed by atoms with E-state index in [0.29, 0.717) is 0 Å². The Balaban J connectivity index is 1.79. The van der Waals surface area contributed by atoms with Crippen molar-refractivity contribution in [2.75, 3.05) is 0 Å². The van der Waals surface area contributed by atoms with Crippen molar-refractivity contribution in [3.05, 3.63) is 47.9 Å². The first-order valence-electron chi connectivity index (χ1n) is 12.8. The van der Waals surface area contributed by atoms with Gasteiger partial charge in [0.05, 0.1) is 11.7 Å². The van der Waals surface area contributed by atoms with Gasteiger partial charge < -0.3 is 4.57 Å². The Morgan fingerprint density at radius 3 is 2.29 bits per heavy atom. The first-order valence-corrected chi connectivity index (χ1v) is 13.6. The van der Waals surface area contributed by atoms with Crippen LogP contribution in [0.15, 0.2) is 41.6 Å². The molecule has 5 heteroatoms. The van der Waals surface area contributed by atoms with E-state index >= 15 is 0 Å². The molecule has 0 unspecified atom stereocenters. The Morgan fingerprint density at radius 2 is 1.71 bits per heavy atom. The highest BCUT2D eigenvalue weighted by Gasteiger charge is 2.24. The fourth-order valence-electron chi connectivity index (χ4n) is 5.25. The number of rotatable bonds is 5. The molecule has 0 radical (unpaired) electrons. The van der Waals surface area contributed by atoms with Crippen LogP contribution >= 0.6 is 11.9 Å². The topological polar surface area (TPSA) is 48.8 Å². The highest BCUT2D eigenvalue weighted by molar-refractivity contribution is 7.97. The molecule has 1 aliphatic rings. The largest absolute Gasteiger partial charge is 0.343 e. The lowest BCUT2D eigenvalue weighted by Crippen LogP contribution is -2.21. The van der Waals surface area contributed by atoms with Crippen LogP contribution < -0.4 is 5.14 Å². The lowest BCUT2D eigenvalue weighted by Gasteiger charge is -2.26. The molecule has 34 heavy (non-hydrogen) atoms. The van der Waals surface area contributed by atoms with Gasteiger partial charge in [0.1, 0.15) is 0 Å². The fraction of sp³-hybridized carbons (Fsp3) is 0.552. The summed E-state index contributed by atoms with van der Waals surface area (Å²) in [6.45, 7) is 16.8. The Morgan fingerprint density at radius 1 is 1.00 bits per heavy atom. The molecule has 4 nitrogen and oxygen atoms in total. The molecule has 0 spiro atoms. The van der Waals surface area contributed by atoms with Crippen LogP contribution in [0.1, 0.15) is 84.9 Å². The van der Waals surface area contributed by atoms with E-state index in [9.17, 15) is 0 Å². The minimum Gasteiger partial charge on any atom is -0.343 e. The summed E-state index contributed by atoms with van der Waals surface area (Å²) < 4.78 is 4.59. The van der Waals surface area contributed by atoms with Crippen molar-refractivity contribution in [2.24, 2.45) is 11.1 Å². The molecule has 1 saturated carbocycles. The van der Waals surface area contributed by atoms with Crippen LogP contribution in [-0.2, 0) is 17.5 Å². The quantitative estimate of drug-likeness (QED) is 0.379. The summed E-state index contributed by atoms with van der Waals surface area (Å²) >= 11 is 1.37. The van der Waals surface area contributed by atoms with Gasteiger partial charge in [0.15, 0.2) is 0 Å². The van der Waals surface area contributed by atoms with E-state index in [-0.39, 0.29) is 11.0 Å². The Labute approximate surface area is 210 Å². The van der Waals surface area contributed by atoms with Crippen molar-refractivity contribution in [3.8, 4) is 22.4 Å². The van der Waals surface area contributed by atoms with E-state index in [4.69, 9.17) is 5.14 Å². The first-order chi connectivity index (χ1) is 16.0. The zero-order chi connectivity index (χ0) is 24.7. The third kappa shape index (κ3) is 5.16. The van der Waals surface area contributed by atoms with Crippen molar-refractivity contribution >= 4 is 11.9 Å². The summed E-state index contributed by atoms with van der Waals surface area (Å²) in [5.41, 5.74) is 7.63. The molecule has 0 saturated heterocycles. The van der Waals surface area contributed by atoms with Gasteiger partial charge in [-0.1, -0.05) is 52.2 Å². The second kappa shape index (κ2) is 9.58. The average Bonchev–Trinajstić information content (AvgIpc) is 3.39. The van der Waals surface area contributed by atoms with Crippen LogP contribution in [0.4, 0.5) is 0 Å². The molecule has 2 heterocycles. The van der Waals surface area contributed by atoms with Gasteiger partial charge in [0.2, 0.25) is 0 Å². The Hall–Kier alpha value is -1.98. The van der Waals surface area contributed by atoms with Crippen LogP contribution in [0.3, 0.4) is 0 Å². The summed E-state index contributed by atoms with van der Waals surface area (Å²) in [6, 6.07) is 9.28. The summed E-state index contributed by atoms with van der Waals surface area (Å²) in [5.74, 6) is 0.763. The number of hydrogen-bond donors (Lipinski definition) is 1. The molecule has 0 bridgehead atoms. The molecule has 2 N–H and O–H groups in total. The molecule has 2 aromatic heterocycles. The lowest BCUT2D eigenvalue weighted by molar-refractivity contribution is 0.318. The predicted molar refractivity (Wildman–Crippen MR) is 146 cm³/mol. The van der Waals surface area contributed by atoms with Gasteiger partial charge in [-0.2, -0.15) is 5.10 Å². The van der Waals surface area contributed by atoms with E-state index in [0.717, 1.165) is 12.5 Å². The monoisotopic (exact) mass is 478 g/mol. The summed E-state index contributed by atoms with van der Waals surface area (Å²) in [7, 11) is 0. The van der Waals surface area contributed by atoms with Gasteiger partial charge in [0.25, 0.3) is 0 Å². The van der Waals surface area contributed by atoms with Gasteiger partial charge >= 0.3 is 0 Å². The van der Waals surface area contributed by atoms with Crippen LogP contribution in [0.5, 0.6) is 0 Å². The van der Waals surface area contributed by atoms with Crippen molar-refractivity contribution < 1.29 is 0 Å². The van der Waals surface area contributed by atoms with Crippen molar-refractivity contribution in [3.63, 3.8) is 0 Å². The van der Waals surface area contributed by atoms with E-state index < -0.39 is 0 Å². The lowest BCUT2D eigenvalue weighted by atomic mass is 9.81. The third-order valence-electron chi connectivity index (χ3n) is 7.32. The zero-order valence-electron chi connectivity index (χ0n) is 22.1. The number of hydrogen-bond acceptors (Lipinski definition) is 3. The van der Waals surface area contributed by atoms with E-state index in [1.165, 1.54) is 82.6 Å². The molecule has 1 aromatic carbocycles. The molecule has 0 aliphatic heterocycles. The van der Waals surface area contributed by atoms with Gasteiger partial charge in [-0.15, -0.1) is 0 Å². The third-order valence-corrected chi connectivity index (χ3v) is 7.98. The molecule has 0 amide bonds. The van der Waals surface area contributed by atoms with E-state index in [2.05, 4.69) is 93.3 Å². The average molecular weight is 479 g/mol. The maximum Gasteiger partial charge on any atom is 0.0568 e. The van der Waals surface area contributed by atoms with Gasteiger partial charge in [-0.3, -0.25) is 9.82 Å². The molecule has 1 aliphatic carbocycles. The van der Waals surface area contributed by atoms with E-state index in [1.54, 1.807) is 0 Å². The molecule has 0 atom stereocenters. The highest BCUT2D eigenvalue weighted by atomic mass is 32.2. The molecule has 3 aromatic rings. The number of aromatic nitrogens is 3. The smallest absolute Gasteiger partial charge is 0.0568 e. The number of benzene rings is 1. The van der Waals surface area contributed by atoms with Crippen LogP contribution in [0, 0.1) is 12.8 Å². The molecule has 1 fully saturated rings. The van der Waals surface area contributed by atoms with Gasteiger partial charge in [0, 0.05) is 34.6 Å². The highest BCUT2D eigenvalue weighted by Crippen LogP contribution is 2.39. The second-order valence-electron chi connectivity index (χ2n) is 12.1. The summed E-state index contributed by atoms with van der Waals surface area (Å²) in [6.07, 6.45) is 11.0. The van der Waals surface area contributed by atoms with Crippen molar-refractivity contribution in [1.29, 1.82) is 0 Å². The fourth-order valence-corrected chi connectivity index (χ4v) is 5.71. The predicted octanol–water partition coefficient (Wildman–Crippen LogP) is 7.93. The SMILES string of the molecule is Cc1c(SN)cc(-c2ccc(-c3cnn(C(C)(C)C)c3)c(C(C)(C)C)c2)n1CC1CCCCC1. The van der Waals surface area contributed by atoms with Crippen molar-refractivity contribution in [1.82, 2.24) is 14.3 Å². The first kappa shape index (κ1) is 25.1. The van der Waals surface area contributed by atoms with E-state index in [1.807, 2.05) is 6.20 Å². The maximum absolute atomic E-state index is 6.07. The van der Waals surface area contributed by atoms with Crippen LogP contribution in [0.25, 0.3) is 22.4 Å². The minimum atomic E-state index is -0.0339. The van der Waals surface area contributed by atoms with Gasteiger partial charge in [-0.05, 0) is 92.6 Å². The minimum absolute atomic E-state index is 0.0104. The Kier molecular flexibility index (Phi) is 7.08. The maximum atomic E-state index is 6.07. The van der Waals surface area contributed by atoms with Gasteiger partial charge in [-0.25, -0.2) is 0 Å². The Bertz CT molecular complexity index is 1130. The molecule has 184 valence electrons. The van der Waals surface area contributed by atoms with Crippen molar-refractivity contribution in [2.45, 2.75) is 103 Å². The second-order valence-corrected chi connectivity index (χ2v) is 12.7. The van der Waals surface area contributed by atoms with Crippen LogP contribution in [0.2, 0.25) is 0 Å². The molecular weight excluding hydrogens is 436 g/mol.